The first-order chi connectivity index (χ1) is 6.86. The van der Waals surface area contributed by atoms with Gasteiger partial charge in [-0.1, -0.05) is 13.3 Å². The van der Waals surface area contributed by atoms with Crippen LogP contribution in [0.2, 0.25) is 0 Å². The van der Waals surface area contributed by atoms with Gasteiger partial charge in [0.15, 0.2) is 0 Å². The van der Waals surface area contributed by atoms with E-state index in [-0.39, 0.29) is 0 Å². The van der Waals surface area contributed by atoms with Crippen LogP contribution in [-0.2, 0) is 13.0 Å². The van der Waals surface area contributed by atoms with Crippen molar-refractivity contribution in [2.75, 3.05) is 20.1 Å². The maximum atomic E-state index is 4.22. The predicted molar refractivity (Wildman–Crippen MR) is 58.2 cm³/mol. The van der Waals surface area contributed by atoms with Crippen LogP contribution in [0.1, 0.15) is 24.7 Å². The van der Waals surface area contributed by atoms with Crippen LogP contribution in [0, 0.1) is 0 Å². The molecule has 0 amide bonds. The number of hydrogen-bond acceptors (Lipinski definition) is 3. The van der Waals surface area contributed by atoms with Crippen molar-refractivity contribution < 1.29 is 0 Å². The lowest BCUT2D eigenvalue weighted by molar-refractivity contribution is 0.641. The Morgan fingerprint density at radius 1 is 1.43 bits per heavy atom. The van der Waals surface area contributed by atoms with E-state index in [9.17, 15) is 0 Å². The van der Waals surface area contributed by atoms with Crippen LogP contribution in [0.4, 0.5) is 0 Å². The van der Waals surface area contributed by atoms with E-state index in [1.54, 1.807) is 0 Å². The maximum absolute atomic E-state index is 4.22. The molecular formula is C10H20N4. The fraction of sp³-hybridized carbons (Fsp3) is 0.700. The summed E-state index contributed by atoms with van der Waals surface area (Å²) in [5.74, 6) is 0. The van der Waals surface area contributed by atoms with E-state index in [4.69, 9.17) is 0 Å². The zero-order valence-corrected chi connectivity index (χ0v) is 9.06. The summed E-state index contributed by atoms with van der Waals surface area (Å²) in [5, 5.41) is 13.7. The first-order valence-electron chi connectivity index (χ1n) is 5.25. The SMILES string of the molecule is CCCc1cc(CNCCNC)[nH]n1. The fourth-order valence-electron chi connectivity index (χ4n) is 1.32. The van der Waals surface area contributed by atoms with E-state index in [0.717, 1.165) is 38.2 Å². The van der Waals surface area contributed by atoms with Crippen LogP contribution in [0.3, 0.4) is 0 Å². The molecule has 0 spiro atoms. The Morgan fingerprint density at radius 2 is 2.29 bits per heavy atom. The summed E-state index contributed by atoms with van der Waals surface area (Å²) >= 11 is 0. The number of hydrogen-bond donors (Lipinski definition) is 3. The molecular weight excluding hydrogens is 176 g/mol. The molecule has 1 aromatic rings. The minimum atomic E-state index is 0.873. The number of aromatic amines is 1. The van der Waals surface area contributed by atoms with Gasteiger partial charge < -0.3 is 10.6 Å². The molecule has 14 heavy (non-hydrogen) atoms. The number of aromatic nitrogens is 2. The van der Waals surface area contributed by atoms with Crippen molar-refractivity contribution in [2.24, 2.45) is 0 Å². The first kappa shape index (κ1) is 11.2. The summed E-state index contributed by atoms with van der Waals surface area (Å²) in [4.78, 5) is 0. The van der Waals surface area contributed by atoms with Crippen molar-refractivity contribution >= 4 is 0 Å². The van der Waals surface area contributed by atoms with Gasteiger partial charge in [0, 0.05) is 25.3 Å². The smallest absolute Gasteiger partial charge is 0.0625 e. The first-order valence-corrected chi connectivity index (χ1v) is 5.25. The van der Waals surface area contributed by atoms with E-state index in [0.29, 0.717) is 0 Å². The minimum absolute atomic E-state index is 0.873. The molecule has 0 bridgehead atoms. The lowest BCUT2D eigenvalue weighted by Gasteiger charge is -2.00. The van der Waals surface area contributed by atoms with Crippen LogP contribution in [0.5, 0.6) is 0 Å². The lowest BCUT2D eigenvalue weighted by atomic mass is 10.2. The van der Waals surface area contributed by atoms with Gasteiger partial charge in [-0.3, -0.25) is 5.10 Å². The van der Waals surface area contributed by atoms with Crippen molar-refractivity contribution in [3.8, 4) is 0 Å². The molecule has 3 N–H and O–H groups in total. The molecule has 4 heteroatoms. The number of H-pyrrole nitrogens is 1. The monoisotopic (exact) mass is 196 g/mol. The minimum Gasteiger partial charge on any atom is -0.318 e. The van der Waals surface area contributed by atoms with Gasteiger partial charge in [-0.25, -0.2) is 0 Å². The zero-order valence-electron chi connectivity index (χ0n) is 9.06. The van der Waals surface area contributed by atoms with Crippen molar-refractivity contribution in [3.05, 3.63) is 17.5 Å². The second-order valence-corrected chi connectivity index (χ2v) is 3.41. The molecule has 1 heterocycles. The van der Waals surface area contributed by atoms with Crippen molar-refractivity contribution in [1.29, 1.82) is 0 Å². The molecule has 0 radical (unpaired) electrons. The highest BCUT2D eigenvalue weighted by atomic mass is 15.1. The predicted octanol–water partition coefficient (Wildman–Crippen LogP) is 0.671. The van der Waals surface area contributed by atoms with Crippen LogP contribution in [0.25, 0.3) is 0 Å². The second kappa shape index (κ2) is 6.56. The molecule has 0 fully saturated rings. The molecule has 0 aromatic carbocycles. The standard InChI is InChI=1S/C10H20N4/c1-3-4-9-7-10(14-13-9)8-12-6-5-11-2/h7,11-12H,3-6,8H2,1-2H3,(H,13,14). The van der Waals surface area contributed by atoms with Crippen LogP contribution in [0.15, 0.2) is 6.07 Å². The average Bonchev–Trinajstić information content (AvgIpc) is 2.61. The summed E-state index contributed by atoms with van der Waals surface area (Å²) in [5.41, 5.74) is 2.34. The van der Waals surface area contributed by atoms with E-state index in [2.05, 4.69) is 33.8 Å². The molecule has 0 aliphatic heterocycles. The summed E-state index contributed by atoms with van der Waals surface area (Å²) in [7, 11) is 1.96. The summed E-state index contributed by atoms with van der Waals surface area (Å²) in [6.45, 7) is 5.02. The van der Waals surface area contributed by atoms with Crippen molar-refractivity contribution in [2.45, 2.75) is 26.3 Å². The van der Waals surface area contributed by atoms with Gasteiger partial charge in [-0.2, -0.15) is 5.10 Å². The lowest BCUT2D eigenvalue weighted by Crippen LogP contribution is -2.24. The second-order valence-electron chi connectivity index (χ2n) is 3.41. The number of aryl methyl sites for hydroxylation is 1. The molecule has 0 atom stereocenters. The highest BCUT2D eigenvalue weighted by Crippen LogP contribution is 2.01. The summed E-state index contributed by atoms with van der Waals surface area (Å²) in [6, 6.07) is 2.13. The maximum Gasteiger partial charge on any atom is 0.0625 e. The number of nitrogens with one attached hydrogen (secondary N) is 3. The normalized spacial score (nSPS) is 10.7. The highest BCUT2D eigenvalue weighted by molar-refractivity contribution is 5.08. The summed E-state index contributed by atoms with van der Waals surface area (Å²) < 4.78 is 0. The van der Waals surface area contributed by atoms with Crippen molar-refractivity contribution in [1.82, 2.24) is 20.8 Å². The number of rotatable bonds is 7. The third-order valence-corrected chi connectivity index (χ3v) is 2.06. The average molecular weight is 196 g/mol. The Hall–Kier alpha value is -0.870. The van der Waals surface area contributed by atoms with Gasteiger partial charge in [0.1, 0.15) is 0 Å². The molecule has 0 saturated heterocycles. The Balaban J connectivity index is 2.22. The molecule has 1 aromatic heterocycles. The van der Waals surface area contributed by atoms with Gasteiger partial charge in [0.2, 0.25) is 0 Å². The molecule has 0 aliphatic carbocycles. The molecule has 1 rings (SSSR count). The third-order valence-electron chi connectivity index (χ3n) is 2.06. The quantitative estimate of drug-likeness (QED) is 0.562. The molecule has 0 unspecified atom stereocenters. The van der Waals surface area contributed by atoms with E-state index in [1.807, 2.05) is 7.05 Å². The molecule has 0 saturated carbocycles. The molecule has 0 aliphatic rings. The van der Waals surface area contributed by atoms with Gasteiger partial charge >= 0.3 is 0 Å². The molecule has 4 nitrogen and oxygen atoms in total. The van der Waals surface area contributed by atoms with E-state index < -0.39 is 0 Å². The topological polar surface area (TPSA) is 52.7 Å². The van der Waals surface area contributed by atoms with Gasteiger partial charge in [0.05, 0.1) is 5.69 Å². The van der Waals surface area contributed by atoms with Crippen molar-refractivity contribution in [3.63, 3.8) is 0 Å². The van der Waals surface area contributed by atoms with Gasteiger partial charge in [-0.05, 0) is 19.5 Å². The van der Waals surface area contributed by atoms with Gasteiger partial charge in [0.25, 0.3) is 0 Å². The number of nitrogens with zero attached hydrogens (tertiary/aromatic N) is 1. The van der Waals surface area contributed by atoms with Gasteiger partial charge in [-0.15, -0.1) is 0 Å². The zero-order chi connectivity index (χ0) is 10.2. The van der Waals surface area contributed by atoms with Crippen LogP contribution in [-0.4, -0.2) is 30.3 Å². The largest absolute Gasteiger partial charge is 0.318 e. The molecule has 80 valence electrons. The highest BCUT2D eigenvalue weighted by Gasteiger charge is 1.98. The summed E-state index contributed by atoms with van der Waals surface area (Å²) in [6.07, 6.45) is 2.21. The van der Waals surface area contributed by atoms with Crippen LogP contribution >= 0.6 is 0 Å². The number of likely N-dealkylation sites (N-methyl/N-ethyl adjacent to an activating group) is 1. The fourth-order valence-corrected chi connectivity index (χ4v) is 1.32. The third kappa shape index (κ3) is 3.89. The van der Waals surface area contributed by atoms with Crippen LogP contribution < -0.4 is 10.6 Å². The van der Waals surface area contributed by atoms with E-state index >= 15 is 0 Å². The Bertz CT molecular complexity index is 244. The Morgan fingerprint density at radius 3 is 3.00 bits per heavy atom. The van der Waals surface area contributed by atoms with E-state index in [1.165, 1.54) is 5.69 Å². The Labute approximate surface area is 85.5 Å². The Kier molecular flexibility index (Phi) is 5.25.